The third kappa shape index (κ3) is 3.98. The first-order chi connectivity index (χ1) is 12.2. The van der Waals surface area contributed by atoms with E-state index in [1.54, 1.807) is 11.3 Å². The lowest BCUT2D eigenvalue weighted by Crippen LogP contribution is -2.45. The van der Waals surface area contributed by atoms with Crippen molar-refractivity contribution in [1.82, 2.24) is 15.0 Å². The van der Waals surface area contributed by atoms with Gasteiger partial charge in [0.15, 0.2) is 0 Å². The molecule has 1 saturated heterocycles. The number of piperidine rings is 1. The molecule has 1 aliphatic heterocycles. The second kappa shape index (κ2) is 7.07. The summed E-state index contributed by atoms with van der Waals surface area (Å²) in [6.07, 6.45) is 3.83. The molecule has 0 bridgehead atoms. The van der Waals surface area contributed by atoms with Crippen LogP contribution in [0.3, 0.4) is 0 Å². The first-order valence-corrected chi connectivity index (χ1v) is 9.42. The van der Waals surface area contributed by atoms with Gasteiger partial charge in [0.2, 0.25) is 0 Å². The van der Waals surface area contributed by atoms with Crippen LogP contribution in [-0.4, -0.2) is 38.8 Å². The van der Waals surface area contributed by atoms with Gasteiger partial charge in [0.25, 0.3) is 0 Å². The highest BCUT2D eigenvalue weighted by molar-refractivity contribution is 7.09. The van der Waals surface area contributed by atoms with Crippen LogP contribution in [0, 0.1) is 0 Å². The highest BCUT2D eigenvalue weighted by Gasteiger charge is 2.34. The lowest BCUT2D eigenvalue weighted by atomic mass is 9.87. The summed E-state index contributed by atoms with van der Waals surface area (Å²) in [5, 5.41) is 18.2. The first-order valence-electron chi connectivity index (χ1n) is 8.54. The molecule has 1 N–H and O–H groups in total. The zero-order valence-corrected chi connectivity index (χ0v) is 14.8. The summed E-state index contributed by atoms with van der Waals surface area (Å²) >= 11 is 1.68. The molecule has 1 fully saturated rings. The van der Waals surface area contributed by atoms with E-state index < -0.39 is 5.60 Å². The molecule has 5 nitrogen and oxygen atoms in total. The van der Waals surface area contributed by atoms with Crippen LogP contribution < -0.4 is 0 Å². The molecule has 2 aromatic heterocycles. The predicted molar refractivity (Wildman–Crippen MR) is 97.2 cm³/mol. The molecule has 0 atom stereocenters. The molecule has 1 aliphatic rings. The Bertz CT molecular complexity index is 793. The summed E-state index contributed by atoms with van der Waals surface area (Å²) < 4.78 is 5.47. The Morgan fingerprint density at radius 3 is 2.72 bits per heavy atom. The first kappa shape index (κ1) is 16.4. The molecule has 0 saturated carbocycles. The summed E-state index contributed by atoms with van der Waals surface area (Å²) in [6.45, 7) is 2.61. The molecule has 6 heteroatoms. The molecule has 4 rings (SSSR count). The summed E-state index contributed by atoms with van der Waals surface area (Å²) in [6, 6.07) is 11.9. The van der Waals surface area contributed by atoms with E-state index in [2.05, 4.69) is 15.0 Å². The minimum atomic E-state index is -0.715. The van der Waals surface area contributed by atoms with Gasteiger partial charge in [-0.1, -0.05) is 35.5 Å². The van der Waals surface area contributed by atoms with Gasteiger partial charge >= 0.3 is 0 Å². The van der Waals surface area contributed by atoms with E-state index in [9.17, 15) is 5.11 Å². The molecule has 3 aromatic rings. The third-order valence-electron chi connectivity index (χ3n) is 4.76. The number of benzene rings is 1. The van der Waals surface area contributed by atoms with Crippen molar-refractivity contribution < 1.29 is 9.63 Å². The van der Waals surface area contributed by atoms with E-state index in [0.29, 0.717) is 6.42 Å². The monoisotopic (exact) mass is 355 g/mol. The molecular formula is C19H21N3O2S. The standard InChI is InChI=1S/C19H21N3O2S/c23-19(6-9-22(10-7-19)14-18-20-8-11-25-18)13-16-12-17(21-24-16)15-4-2-1-3-5-15/h1-5,8,11-12,23H,6-7,9-10,13-14H2. The number of hydrogen-bond acceptors (Lipinski definition) is 6. The smallest absolute Gasteiger partial charge is 0.140 e. The average molecular weight is 355 g/mol. The third-order valence-corrected chi connectivity index (χ3v) is 5.53. The second-order valence-electron chi connectivity index (χ2n) is 6.65. The van der Waals surface area contributed by atoms with Crippen molar-refractivity contribution in [2.75, 3.05) is 13.1 Å². The largest absolute Gasteiger partial charge is 0.389 e. The van der Waals surface area contributed by atoms with Crippen LogP contribution in [0.4, 0.5) is 0 Å². The molecular weight excluding hydrogens is 334 g/mol. The molecule has 3 heterocycles. The Morgan fingerprint density at radius 1 is 1.20 bits per heavy atom. The topological polar surface area (TPSA) is 62.4 Å². The summed E-state index contributed by atoms with van der Waals surface area (Å²) in [5.74, 6) is 0.745. The molecule has 130 valence electrons. The number of aromatic nitrogens is 2. The van der Waals surface area contributed by atoms with Gasteiger partial charge in [0, 0.05) is 42.7 Å². The minimum absolute atomic E-state index is 0.512. The molecule has 0 spiro atoms. The van der Waals surface area contributed by atoms with Crippen LogP contribution in [0.1, 0.15) is 23.6 Å². The van der Waals surface area contributed by atoms with Gasteiger partial charge in [0.1, 0.15) is 16.5 Å². The Balaban J connectivity index is 1.36. The van der Waals surface area contributed by atoms with Crippen LogP contribution in [0.15, 0.2) is 52.5 Å². The fourth-order valence-electron chi connectivity index (χ4n) is 3.29. The lowest BCUT2D eigenvalue weighted by Gasteiger charge is -2.37. The fraction of sp³-hybridized carbons (Fsp3) is 0.368. The maximum Gasteiger partial charge on any atom is 0.140 e. The van der Waals surface area contributed by atoms with Crippen molar-refractivity contribution in [3.05, 3.63) is 58.7 Å². The van der Waals surface area contributed by atoms with Crippen LogP contribution >= 0.6 is 11.3 Å². The fourth-order valence-corrected chi connectivity index (χ4v) is 3.95. The zero-order valence-electron chi connectivity index (χ0n) is 14.0. The van der Waals surface area contributed by atoms with Crippen LogP contribution in [0.5, 0.6) is 0 Å². The van der Waals surface area contributed by atoms with E-state index in [4.69, 9.17) is 4.52 Å². The number of rotatable bonds is 5. The van der Waals surface area contributed by atoms with Crippen molar-refractivity contribution in [3.63, 3.8) is 0 Å². The maximum atomic E-state index is 10.9. The second-order valence-corrected chi connectivity index (χ2v) is 7.63. The van der Waals surface area contributed by atoms with Crippen LogP contribution in [0.2, 0.25) is 0 Å². The Kier molecular flexibility index (Phi) is 4.65. The van der Waals surface area contributed by atoms with E-state index in [1.807, 2.05) is 48.0 Å². The predicted octanol–water partition coefficient (Wildman–Crippen LogP) is 3.37. The van der Waals surface area contributed by atoms with Crippen molar-refractivity contribution in [3.8, 4) is 11.3 Å². The van der Waals surface area contributed by atoms with Gasteiger partial charge in [-0.2, -0.15) is 0 Å². The quantitative estimate of drug-likeness (QED) is 0.760. The number of aliphatic hydroxyl groups is 1. The molecule has 0 unspecified atom stereocenters. The van der Waals surface area contributed by atoms with E-state index in [-0.39, 0.29) is 0 Å². The summed E-state index contributed by atoms with van der Waals surface area (Å²) in [4.78, 5) is 6.69. The van der Waals surface area contributed by atoms with Gasteiger partial charge < -0.3 is 9.63 Å². The summed E-state index contributed by atoms with van der Waals surface area (Å²) in [5.41, 5.74) is 1.13. The normalized spacial score (nSPS) is 17.6. The van der Waals surface area contributed by atoms with Gasteiger partial charge in [-0.25, -0.2) is 4.98 Å². The number of nitrogens with zero attached hydrogens (tertiary/aromatic N) is 3. The minimum Gasteiger partial charge on any atom is -0.389 e. The van der Waals surface area contributed by atoms with Crippen LogP contribution in [-0.2, 0) is 13.0 Å². The van der Waals surface area contributed by atoms with Gasteiger partial charge in [-0.3, -0.25) is 4.90 Å². The van der Waals surface area contributed by atoms with E-state index >= 15 is 0 Å². The van der Waals surface area contributed by atoms with Gasteiger partial charge in [-0.15, -0.1) is 11.3 Å². The SMILES string of the molecule is OC1(Cc2cc(-c3ccccc3)no2)CCN(Cc2nccs2)CC1. The Labute approximate surface area is 150 Å². The average Bonchev–Trinajstić information content (AvgIpc) is 3.30. The van der Waals surface area contributed by atoms with Gasteiger partial charge in [0.05, 0.1) is 12.1 Å². The van der Waals surface area contributed by atoms with Crippen molar-refractivity contribution in [2.24, 2.45) is 0 Å². The van der Waals surface area contributed by atoms with Crippen molar-refractivity contribution >= 4 is 11.3 Å². The van der Waals surface area contributed by atoms with Gasteiger partial charge in [-0.05, 0) is 12.8 Å². The number of likely N-dealkylation sites (tertiary alicyclic amines) is 1. The molecule has 0 amide bonds. The summed E-state index contributed by atoms with van der Waals surface area (Å²) in [7, 11) is 0. The lowest BCUT2D eigenvalue weighted by molar-refractivity contribution is -0.0265. The Morgan fingerprint density at radius 2 is 2.00 bits per heavy atom. The molecule has 0 radical (unpaired) electrons. The maximum absolute atomic E-state index is 10.9. The number of hydrogen-bond donors (Lipinski definition) is 1. The highest BCUT2D eigenvalue weighted by Crippen LogP contribution is 2.29. The number of thiazole rings is 1. The molecule has 1 aromatic carbocycles. The molecule has 25 heavy (non-hydrogen) atoms. The Hall–Kier alpha value is -2.02. The van der Waals surface area contributed by atoms with E-state index in [1.165, 1.54) is 0 Å². The van der Waals surface area contributed by atoms with Crippen molar-refractivity contribution in [1.29, 1.82) is 0 Å². The zero-order chi connectivity index (χ0) is 17.1. The molecule has 0 aliphatic carbocycles. The van der Waals surface area contributed by atoms with Crippen molar-refractivity contribution in [2.45, 2.75) is 31.4 Å². The highest BCUT2D eigenvalue weighted by atomic mass is 32.1. The van der Waals surface area contributed by atoms with E-state index in [0.717, 1.165) is 54.5 Å². The van der Waals surface area contributed by atoms with Crippen LogP contribution in [0.25, 0.3) is 11.3 Å².